The predicted octanol–water partition coefficient (Wildman–Crippen LogP) is 3.26. The van der Waals surface area contributed by atoms with Crippen molar-refractivity contribution in [2.45, 2.75) is 51.6 Å². The Balaban J connectivity index is 1.72. The zero-order valence-electron chi connectivity index (χ0n) is 12.2. The van der Waals surface area contributed by atoms with Gasteiger partial charge in [-0.3, -0.25) is 4.79 Å². The summed E-state index contributed by atoms with van der Waals surface area (Å²) in [6.45, 7) is 2.44. The van der Waals surface area contributed by atoms with Crippen LogP contribution in [0.3, 0.4) is 0 Å². The van der Waals surface area contributed by atoms with Crippen molar-refractivity contribution in [1.82, 2.24) is 0 Å². The molecule has 1 aliphatic rings. The fraction of sp³-hybridized carbons (Fsp3) is 0.562. The Bertz CT molecular complexity index is 454. The third kappa shape index (κ3) is 4.53. The summed E-state index contributed by atoms with van der Waals surface area (Å²) < 4.78 is 5.76. The maximum Gasteiger partial charge on any atom is 0.226 e. The van der Waals surface area contributed by atoms with E-state index in [1.54, 1.807) is 6.07 Å². The molecule has 0 heterocycles. The smallest absolute Gasteiger partial charge is 0.226 e. The van der Waals surface area contributed by atoms with Gasteiger partial charge in [0, 0.05) is 11.4 Å². The van der Waals surface area contributed by atoms with Crippen LogP contribution in [0, 0.1) is 6.92 Å². The number of carbonyl (C=O) groups excluding carboxylic acids is 1. The number of hydrogen-bond acceptors (Lipinski definition) is 3. The van der Waals surface area contributed by atoms with Gasteiger partial charge in [0.1, 0.15) is 0 Å². The van der Waals surface area contributed by atoms with Crippen LogP contribution in [0.4, 0.5) is 11.4 Å². The number of aryl methyl sites for hydroxylation is 1. The number of benzene rings is 1. The first-order chi connectivity index (χ1) is 9.65. The molecule has 0 unspecified atom stereocenters. The van der Waals surface area contributed by atoms with Crippen LogP contribution in [-0.2, 0) is 9.53 Å². The van der Waals surface area contributed by atoms with E-state index in [1.165, 1.54) is 19.3 Å². The molecular formula is C16H24N2O2. The van der Waals surface area contributed by atoms with Crippen molar-refractivity contribution in [3.05, 3.63) is 23.8 Å². The van der Waals surface area contributed by atoms with E-state index in [4.69, 9.17) is 10.5 Å². The van der Waals surface area contributed by atoms with Gasteiger partial charge in [0.15, 0.2) is 0 Å². The zero-order chi connectivity index (χ0) is 14.4. The molecule has 1 fully saturated rings. The number of ether oxygens (including phenoxy) is 1. The topological polar surface area (TPSA) is 64.3 Å². The molecule has 2 rings (SSSR count). The Morgan fingerprint density at radius 3 is 2.80 bits per heavy atom. The van der Waals surface area contributed by atoms with Crippen LogP contribution in [0.5, 0.6) is 0 Å². The normalized spacial score (nSPS) is 16.1. The van der Waals surface area contributed by atoms with Crippen LogP contribution < -0.4 is 11.1 Å². The second-order valence-electron chi connectivity index (χ2n) is 5.50. The Hall–Kier alpha value is -1.55. The average Bonchev–Trinajstić information content (AvgIpc) is 2.43. The Labute approximate surface area is 120 Å². The first kappa shape index (κ1) is 14.9. The van der Waals surface area contributed by atoms with Crippen molar-refractivity contribution in [1.29, 1.82) is 0 Å². The van der Waals surface area contributed by atoms with Gasteiger partial charge in [-0.25, -0.2) is 0 Å². The first-order valence-corrected chi connectivity index (χ1v) is 7.43. The minimum Gasteiger partial charge on any atom is -0.399 e. The summed E-state index contributed by atoms with van der Waals surface area (Å²) >= 11 is 0. The molecule has 4 heteroatoms. The van der Waals surface area contributed by atoms with Gasteiger partial charge in [-0.05, 0) is 43.5 Å². The lowest BCUT2D eigenvalue weighted by Crippen LogP contribution is -2.20. The SMILES string of the molecule is Cc1cc(N)ccc1NC(=O)CCOC1CCCCC1. The van der Waals surface area contributed by atoms with E-state index in [9.17, 15) is 4.79 Å². The monoisotopic (exact) mass is 276 g/mol. The van der Waals surface area contributed by atoms with Gasteiger partial charge in [0.25, 0.3) is 0 Å². The van der Waals surface area contributed by atoms with E-state index >= 15 is 0 Å². The van der Waals surface area contributed by atoms with E-state index in [0.717, 1.165) is 24.1 Å². The van der Waals surface area contributed by atoms with E-state index in [2.05, 4.69) is 5.32 Å². The summed E-state index contributed by atoms with van der Waals surface area (Å²) in [5.74, 6) is -0.00585. The molecule has 4 nitrogen and oxygen atoms in total. The second-order valence-corrected chi connectivity index (χ2v) is 5.50. The summed E-state index contributed by atoms with van der Waals surface area (Å²) in [5, 5.41) is 2.90. The van der Waals surface area contributed by atoms with Crippen molar-refractivity contribution in [2.75, 3.05) is 17.7 Å². The third-order valence-electron chi connectivity index (χ3n) is 3.76. The molecule has 0 spiro atoms. The summed E-state index contributed by atoms with van der Waals surface area (Å²) in [5.41, 5.74) is 8.20. The standard InChI is InChI=1S/C16H24N2O2/c1-12-11-13(17)7-8-15(12)18-16(19)9-10-20-14-5-3-2-4-6-14/h7-8,11,14H,2-6,9-10,17H2,1H3,(H,18,19). The molecule has 20 heavy (non-hydrogen) atoms. The summed E-state index contributed by atoms with van der Waals surface area (Å²) in [7, 11) is 0. The number of nitrogens with one attached hydrogen (secondary N) is 1. The zero-order valence-corrected chi connectivity index (χ0v) is 12.2. The molecule has 1 saturated carbocycles. The van der Waals surface area contributed by atoms with Gasteiger partial charge in [-0.15, -0.1) is 0 Å². The average molecular weight is 276 g/mol. The third-order valence-corrected chi connectivity index (χ3v) is 3.76. The van der Waals surface area contributed by atoms with Crippen LogP contribution in [0.1, 0.15) is 44.1 Å². The highest BCUT2D eigenvalue weighted by Crippen LogP contribution is 2.21. The summed E-state index contributed by atoms with van der Waals surface area (Å²) in [4.78, 5) is 11.9. The van der Waals surface area contributed by atoms with Crippen LogP contribution in [0.15, 0.2) is 18.2 Å². The van der Waals surface area contributed by atoms with Gasteiger partial charge in [-0.1, -0.05) is 19.3 Å². The van der Waals surface area contributed by atoms with Crippen LogP contribution in [-0.4, -0.2) is 18.6 Å². The number of nitrogen functional groups attached to an aromatic ring is 1. The summed E-state index contributed by atoms with van der Waals surface area (Å²) in [6, 6.07) is 5.49. The number of rotatable bonds is 5. The highest BCUT2D eigenvalue weighted by atomic mass is 16.5. The predicted molar refractivity (Wildman–Crippen MR) is 81.7 cm³/mol. The fourth-order valence-corrected chi connectivity index (χ4v) is 2.59. The lowest BCUT2D eigenvalue weighted by atomic mass is 9.98. The molecule has 0 bridgehead atoms. The molecule has 3 N–H and O–H groups in total. The van der Waals surface area contributed by atoms with Crippen LogP contribution in [0.2, 0.25) is 0 Å². The Morgan fingerprint density at radius 2 is 2.10 bits per heavy atom. The van der Waals surface area contributed by atoms with E-state index in [0.29, 0.717) is 24.8 Å². The van der Waals surface area contributed by atoms with Gasteiger partial charge in [0.2, 0.25) is 5.91 Å². The number of amides is 1. The lowest BCUT2D eigenvalue weighted by molar-refractivity contribution is -0.117. The Kier molecular flexibility index (Phi) is 5.41. The minimum absolute atomic E-state index is 0.00585. The number of hydrogen-bond donors (Lipinski definition) is 2. The van der Waals surface area contributed by atoms with Crippen molar-refractivity contribution < 1.29 is 9.53 Å². The molecule has 0 aliphatic heterocycles. The van der Waals surface area contributed by atoms with Crippen molar-refractivity contribution in [3.63, 3.8) is 0 Å². The van der Waals surface area contributed by atoms with Crippen LogP contribution >= 0.6 is 0 Å². The number of nitrogens with two attached hydrogens (primary N) is 1. The molecule has 1 aliphatic carbocycles. The highest BCUT2D eigenvalue weighted by Gasteiger charge is 2.14. The van der Waals surface area contributed by atoms with Crippen LogP contribution in [0.25, 0.3) is 0 Å². The molecule has 1 aromatic carbocycles. The molecule has 110 valence electrons. The fourth-order valence-electron chi connectivity index (χ4n) is 2.59. The Morgan fingerprint density at radius 1 is 1.35 bits per heavy atom. The molecular weight excluding hydrogens is 252 g/mol. The molecule has 0 atom stereocenters. The molecule has 0 aromatic heterocycles. The van der Waals surface area contributed by atoms with Gasteiger partial charge >= 0.3 is 0 Å². The van der Waals surface area contributed by atoms with Gasteiger partial charge < -0.3 is 15.8 Å². The maximum atomic E-state index is 11.9. The maximum absolute atomic E-state index is 11.9. The van der Waals surface area contributed by atoms with Crippen molar-refractivity contribution in [3.8, 4) is 0 Å². The minimum atomic E-state index is -0.00585. The van der Waals surface area contributed by atoms with E-state index in [-0.39, 0.29) is 5.91 Å². The van der Waals surface area contributed by atoms with Gasteiger partial charge in [-0.2, -0.15) is 0 Å². The van der Waals surface area contributed by atoms with E-state index < -0.39 is 0 Å². The molecule has 1 aromatic rings. The van der Waals surface area contributed by atoms with Crippen molar-refractivity contribution >= 4 is 17.3 Å². The van der Waals surface area contributed by atoms with E-state index in [1.807, 2.05) is 19.1 Å². The summed E-state index contributed by atoms with van der Waals surface area (Å²) in [6.07, 6.45) is 6.85. The lowest BCUT2D eigenvalue weighted by Gasteiger charge is -2.21. The highest BCUT2D eigenvalue weighted by molar-refractivity contribution is 5.91. The van der Waals surface area contributed by atoms with Gasteiger partial charge in [0.05, 0.1) is 19.1 Å². The number of anilines is 2. The number of carbonyl (C=O) groups is 1. The quantitative estimate of drug-likeness (QED) is 0.811. The first-order valence-electron chi connectivity index (χ1n) is 7.43. The second kappa shape index (κ2) is 7.29. The molecule has 1 amide bonds. The van der Waals surface area contributed by atoms with Crippen molar-refractivity contribution in [2.24, 2.45) is 0 Å². The largest absolute Gasteiger partial charge is 0.399 e. The molecule has 0 radical (unpaired) electrons. The molecule has 0 saturated heterocycles.